The minimum atomic E-state index is -0.915. The van der Waals surface area contributed by atoms with E-state index in [1.165, 1.54) is 16.9 Å². The van der Waals surface area contributed by atoms with Gasteiger partial charge in [0.25, 0.3) is 5.91 Å². The topological polar surface area (TPSA) is 118 Å². The Bertz CT molecular complexity index is 1180. The number of nitrogens with one attached hydrogen (secondary N) is 3. The molecule has 0 fully saturated rings. The second kappa shape index (κ2) is 12.1. The second-order valence-corrected chi connectivity index (χ2v) is 9.21. The van der Waals surface area contributed by atoms with Crippen molar-refractivity contribution in [3.05, 3.63) is 47.4 Å². The molecule has 0 saturated carbocycles. The summed E-state index contributed by atoms with van der Waals surface area (Å²) in [7, 11) is 0. The monoisotopic (exact) mass is 523 g/mol. The lowest BCUT2D eigenvalue weighted by Gasteiger charge is -2.19. The molecule has 3 aromatic heterocycles. The summed E-state index contributed by atoms with van der Waals surface area (Å²) in [5.74, 6) is -1.69. The van der Waals surface area contributed by atoms with Crippen molar-refractivity contribution in [1.29, 1.82) is 0 Å². The first-order valence-electron chi connectivity index (χ1n) is 11.4. The first kappa shape index (κ1) is 26.6. The summed E-state index contributed by atoms with van der Waals surface area (Å²) in [5, 5.41) is 16.5. The molecule has 0 unspecified atom stereocenters. The molecule has 3 rings (SSSR count). The molecule has 0 saturated heterocycles. The summed E-state index contributed by atoms with van der Waals surface area (Å²) in [5.41, 5.74) is 2.73. The fourth-order valence-electron chi connectivity index (χ4n) is 3.75. The number of carbonyl (C=O) groups is 2. The van der Waals surface area contributed by atoms with Crippen molar-refractivity contribution >= 4 is 40.8 Å². The van der Waals surface area contributed by atoms with Crippen LogP contribution in [-0.2, 0) is 17.8 Å². The van der Waals surface area contributed by atoms with Crippen molar-refractivity contribution < 1.29 is 14.0 Å². The number of aromatic amines is 1. The van der Waals surface area contributed by atoms with E-state index in [2.05, 4.69) is 30.9 Å². The lowest BCUT2D eigenvalue weighted by molar-refractivity contribution is -0.118. The smallest absolute Gasteiger partial charge is 0.270 e. The zero-order valence-corrected chi connectivity index (χ0v) is 21.3. The Kier molecular flexibility index (Phi) is 9.22. The van der Waals surface area contributed by atoms with Crippen molar-refractivity contribution in [2.24, 2.45) is 0 Å². The summed E-state index contributed by atoms with van der Waals surface area (Å²) in [4.78, 5) is 29.2. The van der Waals surface area contributed by atoms with E-state index in [1.807, 2.05) is 13.8 Å². The van der Waals surface area contributed by atoms with Crippen molar-refractivity contribution in [3.63, 3.8) is 0 Å². The number of pyridine rings is 1. The van der Waals surface area contributed by atoms with Gasteiger partial charge in [0.1, 0.15) is 22.4 Å². The molecule has 3 N–H and O–H groups in total. The molecule has 0 aliphatic carbocycles. The Morgan fingerprint density at radius 2 is 1.97 bits per heavy atom. The SMILES string of the molecule is CCc1n[nH]c(C)c1-c1ccc(NC(=O)[C@H](CCCC(Cl)Cl)NC(=O)c2ccnn2CC)nc1F. The number of alkyl halides is 2. The molecule has 3 heterocycles. The first-order chi connectivity index (χ1) is 16.7. The van der Waals surface area contributed by atoms with Crippen LogP contribution < -0.4 is 10.6 Å². The Morgan fingerprint density at radius 3 is 2.63 bits per heavy atom. The minimum Gasteiger partial charge on any atom is -0.339 e. The van der Waals surface area contributed by atoms with Crippen LogP contribution in [0.4, 0.5) is 10.2 Å². The van der Waals surface area contributed by atoms with Gasteiger partial charge in [-0.05, 0) is 57.7 Å². The molecule has 35 heavy (non-hydrogen) atoms. The average molecular weight is 524 g/mol. The number of anilines is 1. The number of hydrogen-bond acceptors (Lipinski definition) is 5. The number of H-pyrrole nitrogens is 1. The van der Waals surface area contributed by atoms with E-state index in [0.29, 0.717) is 42.6 Å². The van der Waals surface area contributed by atoms with Gasteiger partial charge in [-0.2, -0.15) is 14.6 Å². The number of halogens is 3. The van der Waals surface area contributed by atoms with Crippen LogP contribution in [0.2, 0.25) is 0 Å². The van der Waals surface area contributed by atoms with Crippen LogP contribution in [0, 0.1) is 12.9 Å². The number of aryl methyl sites for hydroxylation is 3. The number of amides is 2. The van der Waals surface area contributed by atoms with E-state index in [9.17, 15) is 14.0 Å². The van der Waals surface area contributed by atoms with Gasteiger partial charge in [0, 0.05) is 29.6 Å². The maximum absolute atomic E-state index is 14.9. The molecule has 3 aromatic rings. The standard InChI is InChI=1S/C23H28Cl2FN7O2/c1-4-15-20(13(3)31-32-15)14-9-10-19(29-21(14)26)30-22(34)16(7-6-8-18(24)25)28-23(35)17-11-12-27-33(17)5-2/h9-12,16,18H,4-8H2,1-3H3,(H,28,35)(H,31,32)(H,29,30,34)/t16-/m0/s1. The Labute approximate surface area is 212 Å². The molecule has 188 valence electrons. The van der Waals surface area contributed by atoms with Crippen LogP contribution in [-0.4, -0.2) is 47.7 Å². The highest BCUT2D eigenvalue weighted by Crippen LogP contribution is 2.28. The van der Waals surface area contributed by atoms with E-state index in [1.54, 1.807) is 19.1 Å². The predicted molar refractivity (Wildman–Crippen MR) is 133 cm³/mol. The molecule has 1 atom stereocenters. The van der Waals surface area contributed by atoms with Crippen molar-refractivity contribution in [3.8, 4) is 11.1 Å². The van der Waals surface area contributed by atoms with E-state index >= 15 is 0 Å². The summed E-state index contributed by atoms with van der Waals surface area (Å²) in [6.45, 7) is 6.09. The predicted octanol–water partition coefficient (Wildman–Crippen LogP) is 4.41. The average Bonchev–Trinajstić information content (AvgIpc) is 3.44. The largest absolute Gasteiger partial charge is 0.339 e. The molecule has 9 nitrogen and oxygen atoms in total. The van der Waals surface area contributed by atoms with Crippen LogP contribution >= 0.6 is 23.2 Å². The van der Waals surface area contributed by atoms with Gasteiger partial charge in [-0.3, -0.25) is 19.4 Å². The fourth-order valence-corrected chi connectivity index (χ4v) is 4.06. The van der Waals surface area contributed by atoms with E-state index in [0.717, 1.165) is 11.4 Å². The summed E-state index contributed by atoms with van der Waals surface area (Å²) in [6, 6.07) is 3.72. The zero-order chi connectivity index (χ0) is 25.5. The fraction of sp³-hybridized carbons (Fsp3) is 0.435. The van der Waals surface area contributed by atoms with Gasteiger partial charge in [-0.1, -0.05) is 6.92 Å². The zero-order valence-electron chi connectivity index (χ0n) is 19.7. The molecule has 0 aromatic carbocycles. The third-order valence-electron chi connectivity index (χ3n) is 5.51. The van der Waals surface area contributed by atoms with Crippen LogP contribution in [0.3, 0.4) is 0 Å². The van der Waals surface area contributed by atoms with Gasteiger partial charge in [0.2, 0.25) is 11.9 Å². The van der Waals surface area contributed by atoms with E-state index < -0.39 is 28.6 Å². The molecule has 0 spiro atoms. The summed E-state index contributed by atoms with van der Waals surface area (Å²) < 4.78 is 16.4. The molecule has 0 aliphatic heterocycles. The number of nitrogens with zero attached hydrogens (tertiary/aromatic N) is 4. The summed E-state index contributed by atoms with van der Waals surface area (Å²) in [6.07, 6.45) is 3.35. The Balaban J connectivity index is 1.77. The second-order valence-electron chi connectivity index (χ2n) is 7.93. The van der Waals surface area contributed by atoms with Gasteiger partial charge in [-0.15, -0.1) is 23.2 Å². The van der Waals surface area contributed by atoms with Crippen molar-refractivity contribution in [1.82, 2.24) is 30.3 Å². The molecule has 0 bridgehead atoms. The number of hydrogen-bond donors (Lipinski definition) is 3. The van der Waals surface area contributed by atoms with Crippen molar-refractivity contribution in [2.75, 3.05) is 5.32 Å². The summed E-state index contributed by atoms with van der Waals surface area (Å²) >= 11 is 11.6. The van der Waals surface area contributed by atoms with Crippen LogP contribution in [0.15, 0.2) is 24.4 Å². The quantitative estimate of drug-likeness (QED) is 0.254. The Morgan fingerprint density at radius 1 is 1.20 bits per heavy atom. The minimum absolute atomic E-state index is 0.0286. The van der Waals surface area contributed by atoms with Gasteiger partial charge in [0.15, 0.2) is 0 Å². The Hall–Kier alpha value is -2.98. The van der Waals surface area contributed by atoms with E-state index in [-0.39, 0.29) is 12.2 Å². The van der Waals surface area contributed by atoms with Crippen molar-refractivity contribution in [2.45, 2.75) is 63.9 Å². The van der Waals surface area contributed by atoms with E-state index in [4.69, 9.17) is 23.2 Å². The highest BCUT2D eigenvalue weighted by Gasteiger charge is 2.24. The lowest BCUT2D eigenvalue weighted by atomic mass is 10.0. The van der Waals surface area contributed by atoms with Crippen LogP contribution in [0.5, 0.6) is 0 Å². The molecular formula is C23H28Cl2FN7O2. The third-order valence-corrected chi connectivity index (χ3v) is 5.95. The maximum Gasteiger partial charge on any atom is 0.270 e. The van der Waals surface area contributed by atoms with Crippen LogP contribution in [0.1, 0.15) is 55.0 Å². The normalized spacial score (nSPS) is 12.1. The molecule has 0 aliphatic rings. The van der Waals surface area contributed by atoms with Gasteiger partial charge >= 0.3 is 0 Å². The third kappa shape index (κ3) is 6.58. The molecule has 2 amide bonds. The number of rotatable bonds is 11. The molecule has 0 radical (unpaired) electrons. The highest BCUT2D eigenvalue weighted by atomic mass is 35.5. The first-order valence-corrected chi connectivity index (χ1v) is 12.2. The molecular weight excluding hydrogens is 496 g/mol. The van der Waals surface area contributed by atoms with Gasteiger partial charge in [-0.25, -0.2) is 4.98 Å². The highest BCUT2D eigenvalue weighted by molar-refractivity contribution is 6.44. The lowest BCUT2D eigenvalue weighted by Crippen LogP contribution is -2.44. The molecule has 12 heteroatoms. The van der Waals surface area contributed by atoms with Crippen LogP contribution in [0.25, 0.3) is 11.1 Å². The number of carbonyl (C=O) groups excluding carboxylic acids is 2. The maximum atomic E-state index is 14.9. The van der Waals surface area contributed by atoms with Gasteiger partial charge in [0.05, 0.1) is 5.69 Å². The number of aromatic nitrogens is 5. The van der Waals surface area contributed by atoms with Gasteiger partial charge < -0.3 is 10.6 Å².